The molecule has 0 radical (unpaired) electrons. The number of carbonyl (C=O) groups excluding carboxylic acids is 2. The molecule has 1 aliphatic heterocycles. The number of carbonyl (C=O) groups is 3. The molecule has 7 nitrogen and oxygen atoms in total. The van der Waals surface area contributed by atoms with E-state index in [9.17, 15) is 14.4 Å². The minimum absolute atomic E-state index is 0.124. The lowest BCUT2D eigenvalue weighted by Crippen LogP contribution is -2.51. The molecule has 1 unspecified atom stereocenters. The molecule has 0 bridgehead atoms. The lowest BCUT2D eigenvalue weighted by molar-refractivity contribution is -0.148. The lowest BCUT2D eigenvalue weighted by atomic mass is 10.0. The van der Waals surface area contributed by atoms with Crippen LogP contribution in [-0.2, 0) is 16.1 Å². The van der Waals surface area contributed by atoms with Gasteiger partial charge in [-0.25, -0.2) is 4.79 Å². The number of likely N-dealkylation sites (tertiary alicyclic amines) is 1. The summed E-state index contributed by atoms with van der Waals surface area (Å²) >= 11 is 0. The van der Waals surface area contributed by atoms with Crippen molar-refractivity contribution >= 4 is 17.8 Å². The number of aryl methyl sites for hydroxylation is 1. The molecule has 1 fully saturated rings. The average molecular weight is 280 g/mol. The summed E-state index contributed by atoms with van der Waals surface area (Å²) < 4.78 is 5.09. The Morgan fingerprint density at radius 2 is 2.25 bits per heavy atom. The molecular formula is C13H16N2O5. The van der Waals surface area contributed by atoms with Crippen molar-refractivity contribution in [2.75, 3.05) is 7.05 Å². The highest BCUT2D eigenvalue weighted by Crippen LogP contribution is 2.16. The Labute approximate surface area is 115 Å². The zero-order chi connectivity index (χ0) is 14.9. The minimum Gasteiger partial charge on any atom is -0.475 e. The van der Waals surface area contributed by atoms with Gasteiger partial charge in [0.05, 0.1) is 6.04 Å². The van der Waals surface area contributed by atoms with Crippen LogP contribution in [0.25, 0.3) is 0 Å². The first-order valence-electron chi connectivity index (χ1n) is 6.26. The SMILES string of the molecule is Cc1oc(C(=O)O)cc1CNC1CCC(=O)N(C)C1=O. The summed E-state index contributed by atoms with van der Waals surface area (Å²) in [5.41, 5.74) is 0.690. The van der Waals surface area contributed by atoms with E-state index >= 15 is 0 Å². The maximum absolute atomic E-state index is 11.9. The molecule has 2 rings (SSSR count). The third-order valence-corrected chi connectivity index (χ3v) is 3.42. The third-order valence-electron chi connectivity index (χ3n) is 3.42. The Hall–Kier alpha value is -2.15. The summed E-state index contributed by atoms with van der Waals surface area (Å²) in [5.74, 6) is -1.19. The van der Waals surface area contributed by atoms with Crippen LogP contribution in [-0.4, -0.2) is 40.9 Å². The van der Waals surface area contributed by atoms with Crippen LogP contribution in [0.15, 0.2) is 10.5 Å². The fourth-order valence-electron chi connectivity index (χ4n) is 2.14. The summed E-state index contributed by atoms with van der Waals surface area (Å²) in [4.78, 5) is 35.1. The largest absolute Gasteiger partial charge is 0.475 e. The summed E-state index contributed by atoms with van der Waals surface area (Å²) in [6, 6.07) is 1.01. The van der Waals surface area contributed by atoms with Gasteiger partial charge in [0.2, 0.25) is 17.6 Å². The summed E-state index contributed by atoms with van der Waals surface area (Å²) in [7, 11) is 1.46. The number of rotatable bonds is 4. The van der Waals surface area contributed by atoms with Crippen molar-refractivity contribution in [3.63, 3.8) is 0 Å². The molecule has 2 amide bonds. The van der Waals surface area contributed by atoms with Crippen LogP contribution < -0.4 is 5.32 Å². The molecular weight excluding hydrogens is 264 g/mol. The monoisotopic (exact) mass is 280 g/mol. The second-order valence-electron chi connectivity index (χ2n) is 4.76. The summed E-state index contributed by atoms with van der Waals surface area (Å²) in [6.07, 6.45) is 0.773. The van der Waals surface area contributed by atoms with Gasteiger partial charge in [-0.2, -0.15) is 0 Å². The number of carboxylic acids is 1. The fourth-order valence-corrected chi connectivity index (χ4v) is 2.14. The number of piperidine rings is 1. The van der Waals surface area contributed by atoms with Gasteiger partial charge in [0.15, 0.2) is 0 Å². The van der Waals surface area contributed by atoms with E-state index in [0.29, 0.717) is 30.7 Å². The maximum Gasteiger partial charge on any atom is 0.371 e. The number of aromatic carboxylic acids is 1. The number of nitrogens with zero attached hydrogens (tertiary/aromatic N) is 1. The van der Waals surface area contributed by atoms with Crippen molar-refractivity contribution in [2.45, 2.75) is 32.4 Å². The molecule has 0 aromatic carbocycles. The molecule has 2 N–H and O–H groups in total. The topological polar surface area (TPSA) is 99.8 Å². The highest BCUT2D eigenvalue weighted by Gasteiger charge is 2.31. The second kappa shape index (κ2) is 5.46. The second-order valence-corrected chi connectivity index (χ2v) is 4.76. The Kier molecular flexibility index (Phi) is 3.89. The van der Waals surface area contributed by atoms with Crippen LogP contribution in [0.1, 0.15) is 34.7 Å². The first kappa shape index (κ1) is 14.3. The number of hydrogen-bond donors (Lipinski definition) is 2. The van der Waals surface area contributed by atoms with Crippen LogP contribution in [0, 0.1) is 6.92 Å². The molecule has 0 saturated carbocycles. The van der Waals surface area contributed by atoms with Gasteiger partial charge in [-0.15, -0.1) is 0 Å². The maximum atomic E-state index is 11.9. The van der Waals surface area contributed by atoms with Crippen LogP contribution >= 0.6 is 0 Å². The van der Waals surface area contributed by atoms with Crippen molar-refractivity contribution < 1.29 is 23.9 Å². The van der Waals surface area contributed by atoms with E-state index in [1.807, 2.05) is 0 Å². The summed E-state index contributed by atoms with van der Waals surface area (Å²) in [5, 5.41) is 11.9. The highest BCUT2D eigenvalue weighted by molar-refractivity contribution is 6.00. The standard InChI is InChI=1S/C13H16N2O5/c1-7-8(5-10(20-7)13(18)19)6-14-9-3-4-11(16)15(2)12(9)17/h5,9,14H,3-4,6H2,1-2H3,(H,18,19). The zero-order valence-electron chi connectivity index (χ0n) is 11.3. The predicted octanol–water partition coefficient (Wildman–Crippen LogP) is 0.523. The van der Waals surface area contributed by atoms with Gasteiger partial charge in [-0.05, 0) is 19.4 Å². The van der Waals surface area contributed by atoms with Crippen molar-refractivity contribution in [2.24, 2.45) is 0 Å². The molecule has 2 heterocycles. The van der Waals surface area contributed by atoms with Gasteiger partial charge in [0, 0.05) is 25.6 Å². The Bertz CT molecular complexity index is 563. The van der Waals surface area contributed by atoms with Crippen molar-refractivity contribution in [3.05, 3.63) is 23.2 Å². The van der Waals surface area contributed by atoms with Crippen LogP contribution in [0.2, 0.25) is 0 Å². The molecule has 1 aromatic heterocycles. The smallest absolute Gasteiger partial charge is 0.371 e. The van der Waals surface area contributed by atoms with Crippen LogP contribution in [0.5, 0.6) is 0 Å². The molecule has 108 valence electrons. The number of likely N-dealkylation sites (N-methyl/N-ethyl adjacent to an activating group) is 1. The number of nitrogens with one attached hydrogen (secondary N) is 1. The quantitative estimate of drug-likeness (QED) is 0.780. The van der Waals surface area contributed by atoms with Gasteiger partial charge in [0.1, 0.15) is 5.76 Å². The van der Waals surface area contributed by atoms with Gasteiger partial charge in [0.25, 0.3) is 0 Å². The van der Waals surface area contributed by atoms with E-state index < -0.39 is 12.0 Å². The zero-order valence-corrected chi connectivity index (χ0v) is 11.3. The van der Waals surface area contributed by atoms with Crippen LogP contribution in [0.3, 0.4) is 0 Å². The number of furan rings is 1. The van der Waals surface area contributed by atoms with E-state index in [1.54, 1.807) is 6.92 Å². The first-order chi connectivity index (χ1) is 9.40. The number of carboxylic acid groups (broad SMARTS) is 1. The Morgan fingerprint density at radius 1 is 1.55 bits per heavy atom. The predicted molar refractivity (Wildman–Crippen MR) is 68.0 cm³/mol. The number of amides is 2. The Balaban J connectivity index is 2.00. The molecule has 7 heteroatoms. The average Bonchev–Trinajstić information content (AvgIpc) is 2.77. The van der Waals surface area contributed by atoms with Crippen LogP contribution in [0.4, 0.5) is 0 Å². The van der Waals surface area contributed by atoms with E-state index in [-0.39, 0.29) is 17.6 Å². The van der Waals surface area contributed by atoms with E-state index in [1.165, 1.54) is 13.1 Å². The molecule has 0 spiro atoms. The van der Waals surface area contributed by atoms with E-state index in [2.05, 4.69) is 5.32 Å². The van der Waals surface area contributed by atoms with E-state index in [4.69, 9.17) is 9.52 Å². The summed E-state index contributed by atoms with van der Waals surface area (Å²) in [6.45, 7) is 1.99. The van der Waals surface area contributed by atoms with Crippen molar-refractivity contribution in [1.29, 1.82) is 0 Å². The highest BCUT2D eigenvalue weighted by atomic mass is 16.4. The minimum atomic E-state index is -1.13. The first-order valence-corrected chi connectivity index (χ1v) is 6.26. The normalized spacial score (nSPS) is 19.5. The van der Waals surface area contributed by atoms with Gasteiger partial charge in [-0.3, -0.25) is 14.5 Å². The van der Waals surface area contributed by atoms with Crippen molar-refractivity contribution in [3.8, 4) is 0 Å². The van der Waals surface area contributed by atoms with Gasteiger partial charge < -0.3 is 14.8 Å². The Morgan fingerprint density at radius 3 is 2.85 bits per heavy atom. The number of hydrogen-bond acceptors (Lipinski definition) is 5. The fraction of sp³-hybridized carbons (Fsp3) is 0.462. The molecule has 20 heavy (non-hydrogen) atoms. The van der Waals surface area contributed by atoms with Gasteiger partial charge in [-0.1, -0.05) is 0 Å². The lowest BCUT2D eigenvalue weighted by Gasteiger charge is -2.28. The molecule has 1 aromatic rings. The molecule has 1 saturated heterocycles. The molecule has 1 aliphatic rings. The van der Waals surface area contributed by atoms with Crippen molar-refractivity contribution in [1.82, 2.24) is 10.2 Å². The molecule has 1 atom stereocenters. The van der Waals surface area contributed by atoms with Gasteiger partial charge >= 0.3 is 5.97 Å². The third kappa shape index (κ3) is 2.72. The van der Waals surface area contributed by atoms with E-state index in [0.717, 1.165) is 4.90 Å². The number of imide groups is 1. The molecule has 0 aliphatic carbocycles.